The molecule has 0 radical (unpaired) electrons. The van der Waals surface area contributed by atoms with Crippen LogP contribution in [0.2, 0.25) is 0 Å². The van der Waals surface area contributed by atoms with Gasteiger partial charge in [-0.15, -0.1) is 0 Å². The second kappa shape index (κ2) is 14.3. The smallest absolute Gasteiger partial charge is 0.317 e. The maximum absolute atomic E-state index is 13.5. The molecule has 11 nitrogen and oxygen atoms in total. The predicted octanol–water partition coefficient (Wildman–Crippen LogP) is 3.62. The van der Waals surface area contributed by atoms with Gasteiger partial charge in [0.2, 0.25) is 5.91 Å². The van der Waals surface area contributed by atoms with E-state index in [1.165, 1.54) is 25.7 Å². The molecule has 3 N–H and O–H groups in total. The Morgan fingerprint density at radius 1 is 1.16 bits per heavy atom. The van der Waals surface area contributed by atoms with Gasteiger partial charge in [-0.1, -0.05) is 26.2 Å². The fourth-order valence-corrected chi connectivity index (χ4v) is 6.61. The van der Waals surface area contributed by atoms with Crippen LogP contribution in [-0.4, -0.2) is 87.3 Å². The fourth-order valence-electron chi connectivity index (χ4n) is 5.56. The molecule has 43 heavy (non-hydrogen) atoms. The Bertz CT molecular complexity index is 1360. The normalized spacial score (nSPS) is 20.5. The maximum atomic E-state index is 13.5. The molecule has 2 aliphatic rings. The lowest BCUT2D eigenvalue weighted by molar-refractivity contribution is -0.134. The summed E-state index contributed by atoms with van der Waals surface area (Å²) in [5.74, 6) is 0.589. The molecule has 236 valence electrons. The van der Waals surface area contributed by atoms with Crippen LogP contribution in [0.15, 0.2) is 47.4 Å². The van der Waals surface area contributed by atoms with Crippen LogP contribution in [0.25, 0.3) is 0 Å². The molecule has 1 saturated carbocycles. The molecule has 1 aliphatic heterocycles. The van der Waals surface area contributed by atoms with Crippen molar-refractivity contribution in [3.63, 3.8) is 0 Å². The molecule has 3 atom stereocenters. The number of hydrogen-bond donors (Lipinski definition) is 3. The first-order valence-electron chi connectivity index (χ1n) is 14.9. The number of nitrogens with zero attached hydrogens (tertiary/aromatic N) is 2. The summed E-state index contributed by atoms with van der Waals surface area (Å²) in [5, 5.41) is 13.0. The first kappa shape index (κ1) is 32.4. The van der Waals surface area contributed by atoms with Crippen LogP contribution in [0.4, 0.5) is 10.5 Å². The van der Waals surface area contributed by atoms with E-state index in [1.807, 2.05) is 6.92 Å². The monoisotopic (exact) mass is 616 g/mol. The Kier molecular flexibility index (Phi) is 10.8. The van der Waals surface area contributed by atoms with Crippen LogP contribution in [-0.2, 0) is 21.2 Å². The van der Waals surface area contributed by atoms with Crippen LogP contribution in [0.3, 0.4) is 0 Å². The van der Waals surface area contributed by atoms with Crippen molar-refractivity contribution in [2.45, 2.75) is 75.5 Å². The van der Waals surface area contributed by atoms with Crippen molar-refractivity contribution < 1.29 is 32.6 Å². The number of fused-ring (bicyclic) bond motifs is 1. The largest absolute Gasteiger partial charge is 0.497 e. The van der Waals surface area contributed by atoms with Gasteiger partial charge in [-0.05, 0) is 62.2 Å². The zero-order valence-electron chi connectivity index (χ0n) is 25.4. The number of ether oxygens (including phenoxy) is 2. The summed E-state index contributed by atoms with van der Waals surface area (Å²) in [7, 11) is -0.676. The molecular formula is C31H44N4O7S. The third-order valence-electron chi connectivity index (χ3n) is 8.27. The Morgan fingerprint density at radius 2 is 1.86 bits per heavy atom. The zero-order chi connectivity index (χ0) is 31.1. The van der Waals surface area contributed by atoms with E-state index in [2.05, 4.69) is 10.0 Å². The molecular weight excluding hydrogens is 572 g/mol. The third-order valence-corrected chi connectivity index (χ3v) is 9.67. The quantitative estimate of drug-likeness (QED) is 0.391. The molecule has 3 amide bonds. The summed E-state index contributed by atoms with van der Waals surface area (Å²) < 4.78 is 40.4. The van der Waals surface area contributed by atoms with Gasteiger partial charge in [-0.2, -0.15) is 0 Å². The topological polar surface area (TPSA) is 138 Å². The van der Waals surface area contributed by atoms with Gasteiger partial charge in [-0.3, -0.25) is 9.52 Å². The lowest BCUT2D eigenvalue weighted by Crippen LogP contribution is -2.50. The summed E-state index contributed by atoms with van der Waals surface area (Å²) >= 11 is 0. The number of nitrogens with one attached hydrogen (secondary N) is 2. The zero-order valence-corrected chi connectivity index (χ0v) is 26.2. The van der Waals surface area contributed by atoms with E-state index < -0.39 is 22.2 Å². The number of urea groups is 1. The predicted molar refractivity (Wildman–Crippen MR) is 164 cm³/mol. The number of methoxy groups -OCH3 is 1. The van der Waals surface area contributed by atoms with Crippen molar-refractivity contribution in [1.82, 2.24) is 15.1 Å². The average Bonchev–Trinajstić information content (AvgIpc) is 3.04. The number of aliphatic hydroxyl groups is 1. The van der Waals surface area contributed by atoms with Crippen LogP contribution in [0, 0.1) is 5.92 Å². The number of sulfonamides is 1. The molecule has 1 aliphatic carbocycles. The molecule has 2 aromatic rings. The SMILES string of the molecule is COc1ccc(S(=O)(=O)Nc2ccc3c(c2)CC(=O)N([C@@H](C)CO)C[C@H](C)[C@@H](CN(C)C(=O)NC2CCCCC2)O3)cc1. The third kappa shape index (κ3) is 8.32. The van der Waals surface area contributed by atoms with E-state index in [0.717, 1.165) is 25.7 Å². The molecule has 1 heterocycles. The molecule has 0 bridgehead atoms. The van der Waals surface area contributed by atoms with E-state index in [-0.39, 0.29) is 54.1 Å². The van der Waals surface area contributed by atoms with Gasteiger partial charge in [0.15, 0.2) is 0 Å². The second-order valence-electron chi connectivity index (χ2n) is 11.7. The van der Waals surface area contributed by atoms with Crippen LogP contribution >= 0.6 is 0 Å². The number of carbonyl (C=O) groups is 2. The summed E-state index contributed by atoms with van der Waals surface area (Å²) in [5.41, 5.74) is 0.782. The van der Waals surface area contributed by atoms with Crippen LogP contribution in [0.5, 0.6) is 11.5 Å². The van der Waals surface area contributed by atoms with E-state index in [9.17, 15) is 23.1 Å². The van der Waals surface area contributed by atoms with Gasteiger partial charge in [0, 0.05) is 36.8 Å². The highest BCUT2D eigenvalue weighted by molar-refractivity contribution is 7.92. The minimum atomic E-state index is -3.91. The molecule has 12 heteroatoms. The lowest BCUT2D eigenvalue weighted by atomic mass is 9.96. The number of anilines is 1. The summed E-state index contributed by atoms with van der Waals surface area (Å²) in [6.07, 6.45) is 4.85. The van der Waals surface area contributed by atoms with E-state index >= 15 is 0 Å². The highest BCUT2D eigenvalue weighted by Gasteiger charge is 2.32. The Morgan fingerprint density at radius 3 is 2.51 bits per heavy atom. The molecule has 1 fully saturated rings. The standard InChI is InChI=1S/C31H44N4O7S/c1-21-18-35(22(2)20-36)30(37)17-23-16-25(33-43(39,40)27-13-11-26(41-4)12-14-27)10-15-28(23)42-29(21)19-34(3)31(38)32-24-8-6-5-7-9-24/h10-16,21-22,24,29,33,36H,5-9,17-20H2,1-4H3,(H,32,38)/t21-,22-,29+/m0/s1. The Hall–Kier alpha value is -3.51. The molecule has 4 rings (SSSR count). The number of rotatable bonds is 9. The molecule has 0 unspecified atom stereocenters. The minimum Gasteiger partial charge on any atom is -0.497 e. The first-order valence-corrected chi connectivity index (χ1v) is 16.4. The van der Waals surface area contributed by atoms with Crippen molar-refractivity contribution in [2.24, 2.45) is 5.92 Å². The number of hydrogen-bond acceptors (Lipinski definition) is 7. The maximum Gasteiger partial charge on any atom is 0.317 e. The summed E-state index contributed by atoms with van der Waals surface area (Å²) in [6.45, 7) is 4.14. The van der Waals surface area contributed by atoms with Crippen LogP contribution in [0.1, 0.15) is 51.5 Å². The van der Waals surface area contributed by atoms with Gasteiger partial charge >= 0.3 is 6.03 Å². The number of likely N-dealkylation sites (N-methyl/N-ethyl adjacent to an activating group) is 1. The molecule has 0 aromatic heterocycles. The number of benzene rings is 2. The van der Waals surface area contributed by atoms with Crippen molar-refractivity contribution in [2.75, 3.05) is 38.6 Å². The summed E-state index contributed by atoms with van der Waals surface area (Å²) in [4.78, 5) is 29.9. The first-order chi connectivity index (χ1) is 20.5. The van der Waals surface area contributed by atoms with Gasteiger partial charge in [-0.25, -0.2) is 13.2 Å². The lowest BCUT2D eigenvalue weighted by Gasteiger charge is -2.34. The Labute approximate surface area is 254 Å². The number of aliphatic hydroxyl groups excluding tert-OH is 1. The van der Waals surface area contributed by atoms with E-state index in [1.54, 1.807) is 54.1 Å². The molecule has 0 saturated heterocycles. The van der Waals surface area contributed by atoms with Gasteiger partial charge in [0.25, 0.3) is 10.0 Å². The number of carbonyl (C=O) groups excluding carboxylic acids is 2. The number of amides is 3. The highest BCUT2D eigenvalue weighted by Crippen LogP contribution is 2.30. The summed E-state index contributed by atoms with van der Waals surface area (Å²) in [6, 6.07) is 10.5. The highest BCUT2D eigenvalue weighted by atomic mass is 32.2. The molecule has 0 spiro atoms. The fraction of sp³-hybridized carbons (Fsp3) is 0.548. The van der Waals surface area contributed by atoms with Crippen molar-refractivity contribution >= 4 is 27.6 Å². The second-order valence-corrected chi connectivity index (χ2v) is 13.3. The van der Waals surface area contributed by atoms with Gasteiger partial charge in [0.05, 0.1) is 37.6 Å². The molecule has 2 aromatic carbocycles. The Balaban J connectivity index is 1.59. The van der Waals surface area contributed by atoms with Crippen molar-refractivity contribution in [3.8, 4) is 11.5 Å². The van der Waals surface area contributed by atoms with Gasteiger partial charge < -0.3 is 29.7 Å². The van der Waals surface area contributed by atoms with Gasteiger partial charge in [0.1, 0.15) is 17.6 Å². The minimum absolute atomic E-state index is 0.0464. The van der Waals surface area contributed by atoms with Crippen LogP contribution < -0.4 is 19.5 Å². The van der Waals surface area contributed by atoms with E-state index in [4.69, 9.17) is 9.47 Å². The van der Waals surface area contributed by atoms with Crippen molar-refractivity contribution in [3.05, 3.63) is 48.0 Å². The average molecular weight is 617 g/mol. The van der Waals surface area contributed by atoms with Crippen molar-refractivity contribution in [1.29, 1.82) is 0 Å². The van der Waals surface area contributed by atoms with E-state index in [0.29, 0.717) is 23.6 Å².